The molecular weight excluding hydrogens is 258 g/mol. The van der Waals surface area contributed by atoms with Crippen LogP contribution in [0.25, 0.3) is 0 Å². The predicted molar refractivity (Wildman–Crippen MR) is 70.2 cm³/mol. The van der Waals surface area contributed by atoms with Crippen LogP contribution in [-0.4, -0.2) is 0 Å². The summed E-state index contributed by atoms with van der Waals surface area (Å²) >= 11 is 12.1. The maximum Gasteiger partial charge on any atom is 0.123 e. The van der Waals surface area contributed by atoms with E-state index in [1.165, 1.54) is 12.1 Å². The van der Waals surface area contributed by atoms with Crippen LogP contribution in [0.1, 0.15) is 16.5 Å². The molecule has 0 fully saturated rings. The van der Waals surface area contributed by atoms with E-state index >= 15 is 0 Å². The highest BCUT2D eigenvalue weighted by Crippen LogP contribution is 2.26. The van der Waals surface area contributed by atoms with E-state index in [0.717, 1.165) is 11.1 Å². The molecule has 1 atom stereocenters. The van der Waals surface area contributed by atoms with Crippen LogP contribution >= 0.6 is 23.2 Å². The average Bonchev–Trinajstić information content (AvgIpc) is 2.29. The topological polar surface area (TPSA) is 0 Å². The maximum atomic E-state index is 13.0. The summed E-state index contributed by atoms with van der Waals surface area (Å²) in [5.74, 6) is -0.234. The molecule has 0 aliphatic carbocycles. The van der Waals surface area contributed by atoms with Gasteiger partial charge >= 0.3 is 0 Å². The standard InChI is InChI=1S/C14H11Cl2F/c15-12-6-4-11(5-7-12)14(16)9-10-2-1-3-13(17)8-10/h1-8,14H,9H2. The molecule has 0 saturated heterocycles. The summed E-state index contributed by atoms with van der Waals surface area (Å²) in [5.41, 5.74) is 1.88. The van der Waals surface area contributed by atoms with E-state index < -0.39 is 0 Å². The first-order chi connectivity index (χ1) is 8.15. The average molecular weight is 269 g/mol. The second kappa shape index (κ2) is 5.52. The summed E-state index contributed by atoms with van der Waals surface area (Å²) in [4.78, 5) is 0. The molecule has 0 aliphatic heterocycles. The fourth-order valence-electron chi connectivity index (χ4n) is 1.66. The molecule has 0 nitrogen and oxygen atoms in total. The van der Waals surface area contributed by atoms with Crippen molar-refractivity contribution in [2.24, 2.45) is 0 Å². The molecule has 88 valence electrons. The molecule has 0 bridgehead atoms. The highest BCUT2D eigenvalue weighted by Gasteiger charge is 2.09. The molecule has 0 spiro atoms. The minimum Gasteiger partial charge on any atom is -0.207 e. The van der Waals surface area contributed by atoms with Gasteiger partial charge in [0.1, 0.15) is 5.82 Å². The summed E-state index contributed by atoms with van der Waals surface area (Å²) in [5, 5.41) is 0.512. The Bertz CT molecular complexity index is 494. The molecule has 17 heavy (non-hydrogen) atoms. The Kier molecular flexibility index (Phi) is 4.03. The lowest BCUT2D eigenvalue weighted by Crippen LogP contribution is -1.96. The zero-order chi connectivity index (χ0) is 12.3. The lowest BCUT2D eigenvalue weighted by Gasteiger charge is -2.10. The Hall–Kier alpha value is -1.05. The van der Waals surface area contributed by atoms with E-state index in [4.69, 9.17) is 23.2 Å². The number of hydrogen-bond acceptors (Lipinski definition) is 0. The molecule has 0 radical (unpaired) electrons. The van der Waals surface area contributed by atoms with Gasteiger partial charge in [0.15, 0.2) is 0 Å². The summed E-state index contributed by atoms with van der Waals surface area (Å²) < 4.78 is 13.0. The van der Waals surface area contributed by atoms with Gasteiger partial charge in [0, 0.05) is 5.02 Å². The summed E-state index contributed by atoms with van der Waals surface area (Å²) in [6, 6.07) is 13.9. The van der Waals surface area contributed by atoms with Crippen molar-refractivity contribution >= 4 is 23.2 Å². The van der Waals surface area contributed by atoms with Crippen LogP contribution in [0.2, 0.25) is 5.02 Å². The van der Waals surface area contributed by atoms with Gasteiger partial charge in [-0.25, -0.2) is 4.39 Å². The van der Waals surface area contributed by atoms with E-state index in [1.54, 1.807) is 18.2 Å². The zero-order valence-corrected chi connectivity index (χ0v) is 10.5. The first kappa shape index (κ1) is 12.4. The molecule has 2 aromatic carbocycles. The van der Waals surface area contributed by atoms with Crippen LogP contribution in [-0.2, 0) is 6.42 Å². The number of rotatable bonds is 3. The third-order valence-corrected chi connectivity index (χ3v) is 3.19. The highest BCUT2D eigenvalue weighted by atomic mass is 35.5. The molecule has 0 amide bonds. The molecule has 0 aliphatic rings. The molecule has 0 aromatic heterocycles. The summed E-state index contributed by atoms with van der Waals surface area (Å²) in [7, 11) is 0. The molecule has 2 aromatic rings. The van der Waals surface area contributed by atoms with Gasteiger partial charge in [0.25, 0.3) is 0 Å². The monoisotopic (exact) mass is 268 g/mol. The van der Waals surface area contributed by atoms with Crippen molar-refractivity contribution in [1.82, 2.24) is 0 Å². The van der Waals surface area contributed by atoms with Gasteiger partial charge < -0.3 is 0 Å². The fraction of sp³-hybridized carbons (Fsp3) is 0.143. The minimum atomic E-state index is -0.234. The smallest absolute Gasteiger partial charge is 0.123 e. The second-order valence-electron chi connectivity index (χ2n) is 3.85. The van der Waals surface area contributed by atoms with Gasteiger partial charge in [-0.1, -0.05) is 35.9 Å². The van der Waals surface area contributed by atoms with Gasteiger partial charge in [-0.05, 0) is 41.8 Å². The fourth-order valence-corrected chi connectivity index (χ4v) is 2.11. The van der Waals surface area contributed by atoms with E-state index in [0.29, 0.717) is 11.4 Å². The molecule has 0 saturated carbocycles. The Labute approximate surface area is 110 Å². The van der Waals surface area contributed by atoms with Crippen molar-refractivity contribution < 1.29 is 4.39 Å². The van der Waals surface area contributed by atoms with E-state index in [9.17, 15) is 4.39 Å². The number of benzene rings is 2. The molecule has 1 unspecified atom stereocenters. The molecule has 2 rings (SSSR count). The zero-order valence-electron chi connectivity index (χ0n) is 9.04. The molecular formula is C14H11Cl2F. The van der Waals surface area contributed by atoms with Crippen molar-refractivity contribution in [1.29, 1.82) is 0 Å². The van der Waals surface area contributed by atoms with E-state index in [2.05, 4.69) is 0 Å². The Morgan fingerprint density at radius 3 is 2.41 bits per heavy atom. The van der Waals surface area contributed by atoms with Crippen molar-refractivity contribution in [3.63, 3.8) is 0 Å². The van der Waals surface area contributed by atoms with Gasteiger partial charge in [-0.2, -0.15) is 0 Å². The highest BCUT2D eigenvalue weighted by molar-refractivity contribution is 6.30. The van der Waals surface area contributed by atoms with Gasteiger partial charge in [0.2, 0.25) is 0 Å². The van der Waals surface area contributed by atoms with Crippen molar-refractivity contribution in [2.75, 3.05) is 0 Å². The Morgan fingerprint density at radius 1 is 1.06 bits per heavy atom. The van der Waals surface area contributed by atoms with Crippen LogP contribution in [0, 0.1) is 5.82 Å². The molecule has 0 N–H and O–H groups in total. The van der Waals surface area contributed by atoms with Gasteiger partial charge in [-0.15, -0.1) is 11.6 Å². The SMILES string of the molecule is Fc1cccc(CC(Cl)c2ccc(Cl)cc2)c1. The van der Waals surface area contributed by atoms with Crippen molar-refractivity contribution in [2.45, 2.75) is 11.8 Å². The predicted octanol–water partition coefficient (Wildman–Crippen LogP) is 5.00. The van der Waals surface area contributed by atoms with Crippen molar-refractivity contribution in [3.8, 4) is 0 Å². The minimum absolute atomic E-state index is 0.172. The summed E-state index contributed by atoms with van der Waals surface area (Å²) in [6.07, 6.45) is 0.598. The lowest BCUT2D eigenvalue weighted by molar-refractivity contribution is 0.625. The third kappa shape index (κ3) is 3.45. The number of alkyl halides is 1. The summed E-state index contributed by atoms with van der Waals surface area (Å²) in [6.45, 7) is 0. The van der Waals surface area contributed by atoms with Crippen LogP contribution in [0.5, 0.6) is 0 Å². The van der Waals surface area contributed by atoms with Crippen LogP contribution in [0.3, 0.4) is 0 Å². The number of hydrogen-bond donors (Lipinski definition) is 0. The first-order valence-corrected chi connectivity index (χ1v) is 6.10. The Morgan fingerprint density at radius 2 is 1.76 bits per heavy atom. The molecule has 3 heteroatoms. The third-order valence-electron chi connectivity index (χ3n) is 2.54. The van der Waals surface area contributed by atoms with Gasteiger partial charge in [-0.3, -0.25) is 0 Å². The lowest BCUT2D eigenvalue weighted by atomic mass is 10.0. The quantitative estimate of drug-likeness (QED) is 0.688. The van der Waals surface area contributed by atoms with Crippen LogP contribution < -0.4 is 0 Å². The normalized spacial score (nSPS) is 12.4. The Balaban J connectivity index is 2.11. The maximum absolute atomic E-state index is 13.0. The second-order valence-corrected chi connectivity index (χ2v) is 4.82. The largest absolute Gasteiger partial charge is 0.207 e. The van der Waals surface area contributed by atoms with Crippen LogP contribution in [0.15, 0.2) is 48.5 Å². The van der Waals surface area contributed by atoms with E-state index in [1.807, 2.05) is 18.2 Å². The first-order valence-electron chi connectivity index (χ1n) is 5.29. The number of halogens is 3. The molecule has 0 heterocycles. The van der Waals surface area contributed by atoms with Gasteiger partial charge in [0.05, 0.1) is 5.38 Å². The van der Waals surface area contributed by atoms with E-state index in [-0.39, 0.29) is 11.2 Å². The van der Waals surface area contributed by atoms with Crippen molar-refractivity contribution in [3.05, 3.63) is 70.5 Å². The van der Waals surface area contributed by atoms with Crippen LogP contribution in [0.4, 0.5) is 4.39 Å².